The molecule has 0 aliphatic carbocycles. The summed E-state index contributed by atoms with van der Waals surface area (Å²) in [5.74, 6) is -1.53. The van der Waals surface area contributed by atoms with Crippen LogP contribution in [0.5, 0.6) is 11.5 Å². The predicted octanol–water partition coefficient (Wildman–Crippen LogP) is 2.55. The van der Waals surface area contributed by atoms with E-state index in [-0.39, 0.29) is 19.6 Å². The van der Waals surface area contributed by atoms with Gasteiger partial charge >= 0.3 is 5.97 Å². The zero-order chi connectivity index (χ0) is 29.8. The number of para-hydroxylation sites is 1. The zero-order valence-electron chi connectivity index (χ0n) is 23.2. The van der Waals surface area contributed by atoms with Crippen LogP contribution >= 0.6 is 11.8 Å². The molecule has 1 aliphatic rings. The number of hydrogen-bond acceptors (Lipinski definition) is 9. The van der Waals surface area contributed by atoms with Gasteiger partial charge in [-0.1, -0.05) is 25.1 Å². The minimum Gasteiger partial charge on any atom is -0.477 e. The number of ether oxygens (including phenoxy) is 3. The summed E-state index contributed by atoms with van der Waals surface area (Å²) in [7, 11) is 0. The van der Waals surface area contributed by atoms with Crippen LogP contribution in [0.15, 0.2) is 54.6 Å². The standard InChI is InChI=1S/C29H38N2O9S/c1-3-41-15-7-14-38-29(28(36)37)17-24(34)26(31-19(2)32)25(40-29)16-21(33)18-30-27(35)20-10-12-23(13-11-20)39-22-8-5-4-6-9-22/h4-6,8-13,21,24-26,33-34H,3,7,14-18H2,1-2H3,(H,30,35)(H,31,32)(H,36,37)/t21-,24-,25-,26+,29+/m0/s1. The lowest BCUT2D eigenvalue weighted by molar-refractivity contribution is -0.297. The maximum atomic E-state index is 12.7. The first-order chi connectivity index (χ1) is 19.6. The van der Waals surface area contributed by atoms with Crippen LogP contribution in [0.25, 0.3) is 0 Å². The fourth-order valence-electron chi connectivity index (χ4n) is 4.43. The summed E-state index contributed by atoms with van der Waals surface area (Å²) >= 11 is 1.69. The maximum absolute atomic E-state index is 12.7. The number of carbonyl (C=O) groups is 3. The number of aliphatic hydroxyl groups excluding tert-OH is 2. The molecular weight excluding hydrogens is 552 g/mol. The highest BCUT2D eigenvalue weighted by Gasteiger charge is 2.53. The first-order valence-electron chi connectivity index (χ1n) is 13.5. The highest BCUT2D eigenvalue weighted by molar-refractivity contribution is 7.99. The van der Waals surface area contributed by atoms with E-state index < -0.39 is 54.3 Å². The van der Waals surface area contributed by atoms with Crippen LogP contribution in [0.2, 0.25) is 0 Å². The maximum Gasteiger partial charge on any atom is 0.364 e. The number of amides is 2. The van der Waals surface area contributed by atoms with Crippen LogP contribution in [-0.4, -0.2) is 87.9 Å². The highest BCUT2D eigenvalue weighted by Crippen LogP contribution is 2.33. The Labute approximate surface area is 243 Å². The molecule has 5 atom stereocenters. The van der Waals surface area contributed by atoms with Crippen LogP contribution in [0.3, 0.4) is 0 Å². The summed E-state index contributed by atoms with van der Waals surface area (Å²) in [6.07, 6.45) is -3.60. The first-order valence-corrected chi connectivity index (χ1v) is 14.7. The summed E-state index contributed by atoms with van der Waals surface area (Å²) in [6.45, 7) is 3.19. The number of carboxylic acid groups (broad SMARTS) is 1. The van der Waals surface area contributed by atoms with Crippen LogP contribution < -0.4 is 15.4 Å². The molecule has 0 unspecified atom stereocenters. The molecule has 0 bridgehead atoms. The molecule has 41 heavy (non-hydrogen) atoms. The van der Waals surface area contributed by atoms with Gasteiger partial charge in [-0.2, -0.15) is 11.8 Å². The molecule has 0 saturated carbocycles. The van der Waals surface area contributed by atoms with Crippen molar-refractivity contribution in [3.8, 4) is 11.5 Å². The average Bonchev–Trinajstić information content (AvgIpc) is 2.94. The predicted molar refractivity (Wildman–Crippen MR) is 153 cm³/mol. The van der Waals surface area contributed by atoms with Crippen molar-refractivity contribution in [3.05, 3.63) is 60.2 Å². The molecule has 2 amide bonds. The van der Waals surface area contributed by atoms with E-state index in [0.29, 0.717) is 23.5 Å². The Hall–Kier alpha value is -3.16. The Kier molecular flexibility index (Phi) is 12.4. The molecule has 0 spiro atoms. The Morgan fingerprint density at radius 1 is 1.12 bits per heavy atom. The van der Waals surface area contributed by atoms with Gasteiger partial charge in [0.05, 0.1) is 31.0 Å². The fraction of sp³-hybridized carbons (Fsp3) is 0.483. The molecule has 0 aromatic heterocycles. The van der Waals surface area contributed by atoms with Crippen molar-refractivity contribution in [3.63, 3.8) is 0 Å². The van der Waals surface area contributed by atoms with Gasteiger partial charge in [0.15, 0.2) is 0 Å². The van der Waals surface area contributed by atoms with Crippen molar-refractivity contribution >= 4 is 29.5 Å². The van der Waals surface area contributed by atoms with Crippen LogP contribution in [0.1, 0.15) is 43.5 Å². The highest BCUT2D eigenvalue weighted by atomic mass is 32.2. The molecule has 2 aromatic rings. The van der Waals surface area contributed by atoms with Gasteiger partial charge in [-0.25, -0.2) is 4.79 Å². The fourth-order valence-corrected chi connectivity index (χ4v) is 5.04. The Balaban J connectivity index is 1.60. The summed E-state index contributed by atoms with van der Waals surface area (Å²) in [5, 5.41) is 36.7. The number of thioether (sulfide) groups is 1. The molecule has 5 N–H and O–H groups in total. The smallest absolute Gasteiger partial charge is 0.364 e. The van der Waals surface area contributed by atoms with Crippen molar-refractivity contribution in [2.24, 2.45) is 0 Å². The number of benzene rings is 2. The minimum atomic E-state index is -2.14. The summed E-state index contributed by atoms with van der Waals surface area (Å²) < 4.78 is 17.2. The molecule has 224 valence electrons. The molecule has 0 radical (unpaired) electrons. The minimum absolute atomic E-state index is 0.0946. The van der Waals surface area contributed by atoms with E-state index >= 15 is 0 Å². The SMILES string of the molecule is CCSCCCO[C@]1(C(=O)O)C[C@H](O)[C@@H](NC(C)=O)[C@H](C[C@H](O)CNC(=O)c2ccc(Oc3ccccc3)cc2)O1. The third kappa shape index (κ3) is 9.72. The second-order valence-corrected chi connectivity index (χ2v) is 11.0. The van der Waals surface area contributed by atoms with Crippen molar-refractivity contribution in [1.82, 2.24) is 10.6 Å². The monoisotopic (exact) mass is 590 g/mol. The molecule has 1 heterocycles. The summed E-state index contributed by atoms with van der Waals surface area (Å²) in [5.41, 5.74) is 0.345. The molecule has 1 saturated heterocycles. The summed E-state index contributed by atoms with van der Waals surface area (Å²) in [4.78, 5) is 36.7. The third-order valence-electron chi connectivity index (χ3n) is 6.40. The Bertz CT molecular complexity index is 1130. The molecule has 2 aromatic carbocycles. The quantitative estimate of drug-likeness (QED) is 0.195. The normalized spacial score (nSPS) is 22.9. The Morgan fingerprint density at radius 3 is 2.44 bits per heavy atom. The average molecular weight is 591 g/mol. The van der Waals surface area contributed by atoms with Crippen molar-refractivity contribution < 1.29 is 43.9 Å². The van der Waals surface area contributed by atoms with E-state index in [1.54, 1.807) is 36.0 Å². The number of carbonyl (C=O) groups excluding carboxylic acids is 2. The van der Waals surface area contributed by atoms with E-state index in [2.05, 4.69) is 10.6 Å². The van der Waals surface area contributed by atoms with Crippen molar-refractivity contribution in [1.29, 1.82) is 0 Å². The van der Waals surface area contributed by atoms with Gasteiger partial charge in [-0.15, -0.1) is 0 Å². The third-order valence-corrected chi connectivity index (χ3v) is 7.39. The molecular formula is C29H38N2O9S. The second-order valence-electron chi connectivity index (χ2n) is 9.65. The number of rotatable bonds is 15. The Morgan fingerprint density at radius 2 is 1.80 bits per heavy atom. The van der Waals surface area contributed by atoms with Gasteiger partial charge in [0.25, 0.3) is 11.7 Å². The van der Waals surface area contributed by atoms with E-state index in [1.165, 1.54) is 6.92 Å². The van der Waals surface area contributed by atoms with Crippen LogP contribution in [0, 0.1) is 0 Å². The van der Waals surface area contributed by atoms with E-state index in [9.17, 15) is 29.7 Å². The van der Waals surface area contributed by atoms with E-state index in [1.807, 2.05) is 37.3 Å². The lowest BCUT2D eigenvalue weighted by Crippen LogP contribution is -2.64. The topological polar surface area (TPSA) is 164 Å². The van der Waals surface area contributed by atoms with Gasteiger partial charge in [0.2, 0.25) is 5.91 Å². The van der Waals surface area contributed by atoms with Crippen LogP contribution in [0.4, 0.5) is 0 Å². The van der Waals surface area contributed by atoms with E-state index in [0.717, 1.165) is 11.5 Å². The molecule has 3 rings (SSSR count). The largest absolute Gasteiger partial charge is 0.477 e. The molecule has 1 aliphatic heterocycles. The van der Waals surface area contributed by atoms with Crippen LogP contribution in [-0.2, 0) is 19.1 Å². The lowest BCUT2D eigenvalue weighted by Gasteiger charge is -2.45. The van der Waals surface area contributed by atoms with Gasteiger partial charge in [0, 0.05) is 31.9 Å². The number of carboxylic acids is 1. The lowest BCUT2D eigenvalue weighted by atomic mass is 9.90. The number of nitrogens with one attached hydrogen (secondary N) is 2. The molecule has 1 fully saturated rings. The van der Waals surface area contributed by atoms with Gasteiger partial charge < -0.3 is 40.2 Å². The molecule has 12 heteroatoms. The van der Waals surface area contributed by atoms with E-state index in [4.69, 9.17) is 14.2 Å². The number of hydrogen-bond donors (Lipinski definition) is 5. The van der Waals surface area contributed by atoms with Crippen molar-refractivity contribution in [2.75, 3.05) is 24.7 Å². The van der Waals surface area contributed by atoms with Gasteiger partial charge in [-0.3, -0.25) is 9.59 Å². The number of aliphatic hydroxyl groups is 2. The molecule has 11 nitrogen and oxygen atoms in total. The van der Waals surface area contributed by atoms with Crippen molar-refractivity contribution in [2.45, 2.75) is 63.3 Å². The zero-order valence-corrected chi connectivity index (χ0v) is 24.0. The second kappa shape index (κ2) is 15.7. The summed E-state index contributed by atoms with van der Waals surface area (Å²) in [6, 6.07) is 14.7. The number of aliphatic carboxylic acids is 1. The first kappa shape index (κ1) is 32.4. The van der Waals surface area contributed by atoms with Gasteiger partial charge in [0.1, 0.15) is 11.5 Å². The van der Waals surface area contributed by atoms with Gasteiger partial charge in [-0.05, 0) is 54.3 Å².